The van der Waals surface area contributed by atoms with Crippen molar-refractivity contribution in [3.8, 4) is 0 Å². The monoisotopic (exact) mass is 393 g/mol. The molecule has 1 aromatic heterocycles. The van der Waals surface area contributed by atoms with Gasteiger partial charge in [-0.2, -0.15) is 0 Å². The van der Waals surface area contributed by atoms with Crippen LogP contribution in [0.25, 0.3) is 0 Å². The van der Waals surface area contributed by atoms with E-state index in [-0.39, 0.29) is 22.8 Å². The van der Waals surface area contributed by atoms with Crippen LogP contribution < -0.4 is 15.6 Å². The van der Waals surface area contributed by atoms with Crippen LogP contribution >= 0.6 is 0 Å². The van der Waals surface area contributed by atoms with E-state index in [9.17, 15) is 17.6 Å². The first-order chi connectivity index (χ1) is 12.7. The third-order valence-electron chi connectivity index (χ3n) is 4.96. The molecule has 0 aliphatic heterocycles. The predicted molar refractivity (Wildman–Crippen MR) is 106 cm³/mol. The Bertz CT molecular complexity index is 1030. The second-order valence-electron chi connectivity index (χ2n) is 7.12. The summed E-state index contributed by atoms with van der Waals surface area (Å²) < 4.78 is 43.6. The van der Waals surface area contributed by atoms with Gasteiger partial charge in [0.1, 0.15) is 11.6 Å². The zero-order valence-corrected chi connectivity index (χ0v) is 16.5. The number of hydrogen-bond donors (Lipinski definition) is 2. The third kappa shape index (κ3) is 4.00. The van der Waals surface area contributed by atoms with Crippen LogP contribution in [0, 0.1) is 19.7 Å². The first kappa shape index (κ1) is 19.4. The summed E-state index contributed by atoms with van der Waals surface area (Å²) in [6.45, 7) is 3.39. The second kappa shape index (κ2) is 7.34. The largest absolute Gasteiger partial charge is 0.337 e. The van der Waals surface area contributed by atoms with Crippen LogP contribution in [-0.4, -0.2) is 18.2 Å². The lowest BCUT2D eigenvalue weighted by molar-refractivity contribution is 0.585. The highest BCUT2D eigenvalue weighted by Crippen LogP contribution is 2.31. The number of aryl methyl sites for hydroxylation is 2. The second-order valence-corrected chi connectivity index (χ2v) is 9.08. The molecule has 6 nitrogen and oxygen atoms in total. The minimum Gasteiger partial charge on any atom is -0.337 e. The predicted octanol–water partition coefficient (Wildman–Crippen LogP) is 3.57. The normalized spacial score (nSPS) is 15.1. The lowest BCUT2D eigenvalue weighted by Crippen LogP contribution is -2.28. The number of rotatable bonds is 5. The molecule has 3 rings (SSSR count). The maximum atomic E-state index is 14.3. The van der Waals surface area contributed by atoms with Crippen molar-refractivity contribution in [2.75, 3.05) is 10.0 Å². The van der Waals surface area contributed by atoms with E-state index >= 15 is 0 Å². The van der Waals surface area contributed by atoms with Gasteiger partial charge in [0.15, 0.2) is 0 Å². The molecule has 2 aromatic rings. The van der Waals surface area contributed by atoms with Crippen LogP contribution in [0.3, 0.4) is 0 Å². The molecule has 1 aliphatic carbocycles. The summed E-state index contributed by atoms with van der Waals surface area (Å²) in [5, 5.41) is 2.43. The van der Waals surface area contributed by atoms with E-state index in [4.69, 9.17) is 0 Å². The molecular formula is C19H24FN3O3S. The molecule has 0 spiro atoms. The Balaban J connectivity index is 2.04. The van der Waals surface area contributed by atoms with Gasteiger partial charge >= 0.3 is 0 Å². The maximum Gasteiger partial charge on any atom is 0.254 e. The zero-order valence-electron chi connectivity index (χ0n) is 15.7. The van der Waals surface area contributed by atoms with Crippen molar-refractivity contribution in [3.63, 3.8) is 0 Å². The quantitative estimate of drug-likeness (QED) is 0.814. The van der Waals surface area contributed by atoms with Crippen molar-refractivity contribution in [1.82, 2.24) is 4.57 Å². The van der Waals surface area contributed by atoms with Crippen LogP contribution in [0.5, 0.6) is 0 Å². The molecule has 1 heterocycles. The molecule has 0 bridgehead atoms. The van der Waals surface area contributed by atoms with Crippen LogP contribution in [0.1, 0.15) is 36.8 Å². The SMILES string of the molecule is Cc1ccc(Nc2c(NS(=O)(=O)C3CCCC3)cc(C)c(=O)n2C)c(F)c1. The Morgan fingerprint density at radius 2 is 1.78 bits per heavy atom. The molecule has 0 unspecified atom stereocenters. The molecular weight excluding hydrogens is 369 g/mol. The molecule has 146 valence electrons. The Kier molecular flexibility index (Phi) is 5.28. The Morgan fingerprint density at radius 3 is 2.41 bits per heavy atom. The third-order valence-corrected chi connectivity index (χ3v) is 6.82. The lowest BCUT2D eigenvalue weighted by Gasteiger charge is -2.20. The van der Waals surface area contributed by atoms with Gasteiger partial charge in [-0.05, 0) is 50.5 Å². The van der Waals surface area contributed by atoms with E-state index in [1.807, 2.05) is 0 Å². The maximum absolute atomic E-state index is 14.3. The van der Waals surface area contributed by atoms with Gasteiger partial charge in [-0.3, -0.25) is 14.1 Å². The topological polar surface area (TPSA) is 80.2 Å². The number of anilines is 3. The van der Waals surface area contributed by atoms with E-state index < -0.39 is 21.1 Å². The van der Waals surface area contributed by atoms with Gasteiger partial charge in [0.2, 0.25) is 10.0 Å². The van der Waals surface area contributed by atoms with E-state index in [0.717, 1.165) is 18.4 Å². The molecule has 0 amide bonds. The number of hydrogen-bond acceptors (Lipinski definition) is 4. The minimum atomic E-state index is -3.59. The first-order valence-corrected chi connectivity index (χ1v) is 10.5. The zero-order chi connectivity index (χ0) is 19.8. The summed E-state index contributed by atoms with van der Waals surface area (Å²) in [5.41, 5.74) is 1.28. The minimum absolute atomic E-state index is 0.167. The summed E-state index contributed by atoms with van der Waals surface area (Å²) in [6, 6.07) is 6.16. The van der Waals surface area contributed by atoms with Gasteiger partial charge < -0.3 is 5.32 Å². The van der Waals surface area contributed by atoms with Gasteiger partial charge in [0, 0.05) is 12.6 Å². The lowest BCUT2D eigenvalue weighted by atomic mass is 10.2. The fourth-order valence-electron chi connectivity index (χ4n) is 3.41. The highest BCUT2D eigenvalue weighted by atomic mass is 32.2. The van der Waals surface area contributed by atoms with Gasteiger partial charge in [-0.1, -0.05) is 18.9 Å². The Morgan fingerprint density at radius 1 is 1.11 bits per heavy atom. The first-order valence-electron chi connectivity index (χ1n) is 8.94. The van der Waals surface area contributed by atoms with Crippen molar-refractivity contribution < 1.29 is 12.8 Å². The number of nitrogens with one attached hydrogen (secondary N) is 2. The molecule has 0 radical (unpaired) electrons. The number of halogens is 1. The van der Waals surface area contributed by atoms with Crippen molar-refractivity contribution in [2.45, 2.75) is 44.8 Å². The molecule has 2 N–H and O–H groups in total. The summed E-state index contributed by atoms with van der Waals surface area (Å²) in [5.74, 6) is -0.275. The summed E-state index contributed by atoms with van der Waals surface area (Å²) in [4.78, 5) is 12.3. The molecule has 27 heavy (non-hydrogen) atoms. The van der Waals surface area contributed by atoms with Gasteiger partial charge in [0.25, 0.3) is 5.56 Å². The molecule has 1 aliphatic rings. The summed E-state index contributed by atoms with van der Waals surface area (Å²) in [7, 11) is -2.07. The number of nitrogens with zero attached hydrogens (tertiary/aromatic N) is 1. The van der Waals surface area contributed by atoms with Crippen LogP contribution in [0.15, 0.2) is 29.1 Å². The Hall–Kier alpha value is -2.35. The Labute approximate surface area is 158 Å². The molecule has 1 fully saturated rings. The van der Waals surface area contributed by atoms with E-state index in [1.165, 1.54) is 23.7 Å². The van der Waals surface area contributed by atoms with E-state index in [2.05, 4.69) is 10.0 Å². The standard InChI is InChI=1S/C19H24FN3O3S/c1-12-8-9-16(15(20)10-12)21-18-17(11-13(2)19(24)23(18)3)22-27(25,26)14-6-4-5-7-14/h8-11,14,21-22H,4-7H2,1-3H3. The van der Waals surface area contributed by atoms with Gasteiger partial charge in [0.05, 0.1) is 16.6 Å². The average Bonchev–Trinajstić information content (AvgIpc) is 3.13. The smallest absolute Gasteiger partial charge is 0.254 e. The van der Waals surface area contributed by atoms with E-state index in [1.54, 1.807) is 26.0 Å². The summed E-state index contributed by atoms with van der Waals surface area (Å²) in [6.07, 6.45) is 3.01. The molecule has 8 heteroatoms. The molecule has 1 aromatic carbocycles. The van der Waals surface area contributed by atoms with Crippen molar-refractivity contribution in [2.24, 2.45) is 7.05 Å². The summed E-state index contributed by atoms with van der Waals surface area (Å²) >= 11 is 0. The fraction of sp³-hybridized carbons (Fsp3) is 0.421. The number of benzene rings is 1. The van der Waals surface area contributed by atoms with Crippen LogP contribution in [-0.2, 0) is 17.1 Å². The van der Waals surface area contributed by atoms with Crippen LogP contribution in [0.2, 0.25) is 0 Å². The van der Waals surface area contributed by atoms with Crippen molar-refractivity contribution >= 4 is 27.2 Å². The number of sulfonamides is 1. The van der Waals surface area contributed by atoms with Gasteiger partial charge in [-0.15, -0.1) is 0 Å². The highest BCUT2D eigenvalue weighted by molar-refractivity contribution is 7.93. The average molecular weight is 393 g/mol. The molecule has 0 saturated heterocycles. The van der Waals surface area contributed by atoms with Gasteiger partial charge in [-0.25, -0.2) is 12.8 Å². The van der Waals surface area contributed by atoms with Crippen molar-refractivity contribution in [1.29, 1.82) is 0 Å². The molecule has 1 saturated carbocycles. The molecule has 0 atom stereocenters. The number of aromatic nitrogens is 1. The fourth-order valence-corrected chi connectivity index (χ4v) is 4.99. The van der Waals surface area contributed by atoms with Crippen molar-refractivity contribution in [3.05, 3.63) is 51.6 Å². The van der Waals surface area contributed by atoms with Crippen LogP contribution in [0.4, 0.5) is 21.6 Å². The van der Waals surface area contributed by atoms with E-state index in [0.29, 0.717) is 18.4 Å². The highest BCUT2D eigenvalue weighted by Gasteiger charge is 2.30. The number of pyridine rings is 1.